The third kappa shape index (κ3) is 3.45. The van der Waals surface area contributed by atoms with Crippen molar-refractivity contribution in [3.05, 3.63) is 18.5 Å². The highest BCUT2D eigenvalue weighted by molar-refractivity contribution is 5.21. The molecule has 2 heterocycles. The third-order valence-electron chi connectivity index (χ3n) is 2.33. The highest BCUT2D eigenvalue weighted by Gasteiger charge is 2.09. The SMILES string of the molecule is [c]1ccnc(NCCN2CCOCC2)n1. The summed E-state index contributed by atoms with van der Waals surface area (Å²) in [4.78, 5) is 10.4. The van der Waals surface area contributed by atoms with Gasteiger partial charge in [0.05, 0.1) is 19.4 Å². The van der Waals surface area contributed by atoms with Crippen molar-refractivity contribution in [1.29, 1.82) is 0 Å². The first-order chi connectivity index (χ1) is 7.45. The maximum Gasteiger partial charge on any atom is 0.223 e. The second-order valence-corrected chi connectivity index (χ2v) is 3.39. The fourth-order valence-corrected chi connectivity index (χ4v) is 1.50. The van der Waals surface area contributed by atoms with Gasteiger partial charge < -0.3 is 10.1 Å². The van der Waals surface area contributed by atoms with Crippen molar-refractivity contribution < 1.29 is 4.74 Å². The zero-order valence-electron chi connectivity index (χ0n) is 8.65. The molecule has 0 unspecified atom stereocenters. The van der Waals surface area contributed by atoms with Gasteiger partial charge >= 0.3 is 0 Å². The summed E-state index contributed by atoms with van der Waals surface area (Å²) in [6.45, 7) is 5.58. The molecule has 5 heteroatoms. The Labute approximate surface area is 89.5 Å². The van der Waals surface area contributed by atoms with Crippen LogP contribution < -0.4 is 5.32 Å². The van der Waals surface area contributed by atoms with E-state index in [4.69, 9.17) is 4.74 Å². The Morgan fingerprint density at radius 2 is 2.33 bits per heavy atom. The Hall–Kier alpha value is -1.20. The molecule has 0 amide bonds. The number of aromatic nitrogens is 2. The molecule has 0 aliphatic carbocycles. The van der Waals surface area contributed by atoms with E-state index in [1.54, 1.807) is 12.3 Å². The Bertz CT molecular complexity index is 274. The van der Waals surface area contributed by atoms with Crippen LogP contribution in [0.4, 0.5) is 5.95 Å². The minimum atomic E-state index is 0.644. The first kappa shape index (κ1) is 10.3. The number of ether oxygens (including phenoxy) is 1. The summed E-state index contributed by atoms with van der Waals surface area (Å²) in [7, 11) is 0. The molecule has 81 valence electrons. The Balaban J connectivity index is 1.66. The van der Waals surface area contributed by atoms with Crippen molar-refractivity contribution >= 4 is 5.95 Å². The minimum absolute atomic E-state index is 0.644. The molecule has 1 aliphatic heterocycles. The van der Waals surface area contributed by atoms with E-state index in [0.717, 1.165) is 39.4 Å². The molecule has 1 aliphatic rings. The van der Waals surface area contributed by atoms with Crippen LogP contribution in [0.3, 0.4) is 0 Å². The summed E-state index contributed by atoms with van der Waals surface area (Å²) in [6, 6.07) is 1.69. The molecule has 1 aromatic heterocycles. The van der Waals surface area contributed by atoms with Crippen LogP contribution in [0.5, 0.6) is 0 Å². The molecule has 15 heavy (non-hydrogen) atoms. The molecule has 1 saturated heterocycles. The standard InChI is InChI=1S/C10H15N4O/c1-2-11-10(12-3-1)13-4-5-14-6-8-15-9-7-14/h1-2H,4-9H2,(H,11,12,13). The van der Waals surface area contributed by atoms with E-state index in [-0.39, 0.29) is 0 Å². The molecule has 1 radical (unpaired) electrons. The van der Waals surface area contributed by atoms with Gasteiger partial charge in [0.1, 0.15) is 0 Å². The number of rotatable bonds is 4. The number of anilines is 1. The molecule has 0 atom stereocenters. The Morgan fingerprint density at radius 3 is 3.07 bits per heavy atom. The normalized spacial score (nSPS) is 17.6. The smallest absolute Gasteiger partial charge is 0.223 e. The lowest BCUT2D eigenvalue weighted by Crippen LogP contribution is -2.39. The predicted molar refractivity (Wildman–Crippen MR) is 56.6 cm³/mol. The molecule has 0 saturated carbocycles. The van der Waals surface area contributed by atoms with E-state index < -0.39 is 0 Å². The molecule has 0 bridgehead atoms. The van der Waals surface area contributed by atoms with Gasteiger partial charge in [-0.25, -0.2) is 9.97 Å². The van der Waals surface area contributed by atoms with Crippen LogP contribution in [0.25, 0.3) is 0 Å². The quantitative estimate of drug-likeness (QED) is 0.754. The van der Waals surface area contributed by atoms with Crippen LogP contribution in [0.2, 0.25) is 0 Å². The molecule has 1 fully saturated rings. The number of hydrogen-bond acceptors (Lipinski definition) is 5. The second kappa shape index (κ2) is 5.63. The predicted octanol–water partition coefficient (Wildman–Crippen LogP) is 0.0209. The lowest BCUT2D eigenvalue weighted by Gasteiger charge is -2.26. The van der Waals surface area contributed by atoms with Crippen LogP contribution in [0, 0.1) is 6.20 Å². The van der Waals surface area contributed by atoms with Crippen molar-refractivity contribution in [1.82, 2.24) is 14.9 Å². The van der Waals surface area contributed by atoms with Crippen molar-refractivity contribution in [2.24, 2.45) is 0 Å². The maximum absolute atomic E-state index is 5.27. The summed E-state index contributed by atoms with van der Waals surface area (Å²) in [5, 5.41) is 3.16. The molecular formula is C10H15N4O. The molecule has 0 aromatic carbocycles. The largest absolute Gasteiger partial charge is 0.379 e. The van der Waals surface area contributed by atoms with Gasteiger partial charge in [-0.2, -0.15) is 0 Å². The summed E-state index contributed by atoms with van der Waals surface area (Å²) in [6.07, 6.45) is 4.43. The van der Waals surface area contributed by atoms with Crippen molar-refractivity contribution in [3.8, 4) is 0 Å². The van der Waals surface area contributed by atoms with E-state index in [2.05, 4.69) is 26.4 Å². The lowest BCUT2D eigenvalue weighted by atomic mass is 10.4. The van der Waals surface area contributed by atoms with E-state index in [1.165, 1.54) is 0 Å². The zero-order valence-corrected chi connectivity index (χ0v) is 8.65. The van der Waals surface area contributed by atoms with Gasteiger partial charge in [0.2, 0.25) is 5.95 Å². The summed E-state index contributed by atoms with van der Waals surface area (Å²) < 4.78 is 5.27. The van der Waals surface area contributed by atoms with Gasteiger partial charge in [0, 0.05) is 32.4 Å². The molecular weight excluding hydrogens is 192 g/mol. The molecule has 1 N–H and O–H groups in total. The van der Waals surface area contributed by atoms with Crippen LogP contribution in [-0.2, 0) is 4.74 Å². The first-order valence-corrected chi connectivity index (χ1v) is 5.18. The number of hydrogen-bond donors (Lipinski definition) is 1. The van der Waals surface area contributed by atoms with Crippen molar-refractivity contribution in [2.45, 2.75) is 0 Å². The Kier molecular flexibility index (Phi) is 3.87. The summed E-state index contributed by atoms with van der Waals surface area (Å²) in [5.74, 6) is 0.644. The average molecular weight is 207 g/mol. The lowest BCUT2D eigenvalue weighted by molar-refractivity contribution is 0.0398. The Morgan fingerprint density at radius 1 is 1.47 bits per heavy atom. The van der Waals surface area contributed by atoms with Gasteiger partial charge in [0.15, 0.2) is 0 Å². The van der Waals surface area contributed by atoms with Crippen LogP contribution in [0.15, 0.2) is 12.3 Å². The van der Waals surface area contributed by atoms with Gasteiger partial charge in [-0.1, -0.05) is 0 Å². The fraction of sp³-hybridized carbons (Fsp3) is 0.600. The molecule has 5 nitrogen and oxygen atoms in total. The van der Waals surface area contributed by atoms with Crippen LogP contribution >= 0.6 is 0 Å². The van der Waals surface area contributed by atoms with E-state index in [1.807, 2.05) is 0 Å². The monoisotopic (exact) mass is 207 g/mol. The van der Waals surface area contributed by atoms with E-state index in [9.17, 15) is 0 Å². The van der Waals surface area contributed by atoms with Gasteiger partial charge in [-0.3, -0.25) is 4.90 Å². The van der Waals surface area contributed by atoms with Gasteiger partial charge in [0.25, 0.3) is 0 Å². The van der Waals surface area contributed by atoms with Gasteiger partial charge in [-0.05, 0) is 6.07 Å². The number of nitrogens with zero attached hydrogens (tertiary/aromatic N) is 3. The van der Waals surface area contributed by atoms with E-state index >= 15 is 0 Å². The third-order valence-corrected chi connectivity index (χ3v) is 2.33. The topological polar surface area (TPSA) is 50.3 Å². The second-order valence-electron chi connectivity index (χ2n) is 3.39. The highest BCUT2D eigenvalue weighted by Crippen LogP contribution is 1.97. The molecule has 0 spiro atoms. The van der Waals surface area contributed by atoms with E-state index in [0.29, 0.717) is 5.95 Å². The maximum atomic E-state index is 5.27. The number of morpholine rings is 1. The molecule has 2 rings (SSSR count). The van der Waals surface area contributed by atoms with Crippen molar-refractivity contribution in [3.63, 3.8) is 0 Å². The molecule has 1 aromatic rings. The summed E-state index contributed by atoms with van der Waals surface area (Å²) >= 11 is 0. The minimum Gasteiger partial charge on any atom is -0.379 e. The zero-order chi connectivity index (χ0) is 10.3. The first-order valence-electron chi connectivity index (χ1n) is 5.18. The summed E-state index contributed by atoms with van der Waals surface area (Å²) in [5.41, 5.74) is 0. The van der Waals surface area contributed by atoms with Gasteiger partial charge in [-0.15, -0.1) is 0 Å². The average Bonchev–Trinajstić information content (AvgIpc) is 2.32. The van der Waals surface area contributed by atoms with Crippen LogP contribution in [-0.4, -0.2) is 54.3 Å². The fourth-order valence-electron chi connectivity index (χ4n) is 1.50. The van der Waals surface area contributed by atoms with Crippen LogP contribution in [0.1, 0.15) is 0 Å². The van der Waals surface area contributed by atoms with Crippen molar-refractivity contribution in [2.75, 3.05) is 44.7 Å². The number of nitrogens with one attached hydrogen (secondary N) is 1. The highest BCUT2D eigenvalue weighted by atomic mass is 16.5.